The quantitative estimate of drug-likeness (QED) is 0.304. The van der Waals surface area contributed by atoms with Gasteiger partial charge in [0.25, 0.3) is 0 Å². The lowest BCUT2D eigenvalue weighted by Gasteiger charge is -2.34. The number of carboxylic acid groups (broad SMARTS) is 1. The van der Waals surface area contributed by atoms with E-state index in [4.69, 9.17) is 20.5 Å². The molecule has 1 saturated heterocycles. The third-order valence-electron chi connectivity index (χ3n) is 4.94. The Bertz CT molecular complexity index is 366. The largest absolute Gasteiger partial charge is 0.480 e. The average Bonchev–Trinajstić information content (AvgIpc) is 2.56. The predicted octanol–water partition coefficient (Wildman–Crippen LogP) is 0.693. The molecule has 7 nitrogen and oxygen atoms in total. The van der Waals surface area contributed by atoms with Crippen molar-refractivity contribution in [3.8, 4) is 0 Å². The number of carbonyl (C=O) groups is 1. The minimum absolute atomic E-state index is 0.253. The fourth-order valence-corrected chi connectivity index (χ4v) is 3.35. The van der Waals surface area contributed by atoms with Crippen molar-refractivity contribution in [2.45, 2.75) is 69.8 Å². The van der Waals surface area contributed by atoms with Gasteiger partial charge in [0, 0.05) is 19.3 Å². The van der Waals surface area contributed by atoms with E-state index in [-0.39, 0.29) is 6.32 Å². The lowest BCUT2D eigenvalue weighted by Crippen LogP contribution is -2.49. The first-order chi connectivity index (χ1) is 11.4. The summed E-state index contributed by atoms with van der Waals surface area (Å²) in [5, 5.41) is 27.1. The summed E-state index contributed by atoms with van der Waals surface area (Å²) >= 11 is 0. The molecule has 0 aromatic rings. The highest BCUT2D eigenvalue weighted by Gasteiger charge is 2.33. The van der Waals surface area contributed by atoms with Crippen molar-refractivity contribution in [3.63, 3.8) is 0 Å². The molecule has 0 radical (unpaired) electrons. The van der Waals surface area contributed by atoms with Gasteiger partial charge >= 0.3 is 13.1 Å². The molecule has 1 unspecified atom stereocenters. The zero-order valence-electron chi connectivity index (χ0n) is 14.8. The fraction of sp³-hybridized carbons (Fsp3) is 0.938. The molecule has 0 bridgehead atoms. The maximum Gasteiger partial charge on any atom is 0.451 e. The molecule has 0 aromatic carbocycles. The normalized spacial score (nSPS) is 18.5. The second kappa shape index (κ2) is 11.0. The van der Waals surface area contributed by atoms with Gasteiger partial charge in [-0.1, -0.05) is 19.8 Å². The van der Waals surface area contributed by atoms with Crippen molar-refractivity contribution >= 4 is 13.1 Å². The van der Waals surface area contributed by atoms with Crippen LogP contribution in [0.3, 0.4) is 0 Å². The fourth-order valence-electron chi connectivity index (χ4n) is 3.35. The van der Waals surface area contributed by atoms with E-state index in [0.717, 1.165) is 45.6 Å². The number of unbranched alkanes of at least 4 members (excludes halogenated alkanes) is 1. The van der Waals surface area contributed by atoms with Crippen LogP contribution in [0.4, 0.5) is 0 Å². The van der Waals surface area contributed by atoms with Crippen molar-refractivity contribution in [2.75, 3.05) is 26.3 Å². The molecule has 1 aliphatic rings. The molecule has 0 saturated carbocycles. The molecule has 0 aromatic heterocycles. The van der Waals surface area contributed by atoms with Gasteiger partial charge in [0.05, 0.1) is 0 Å². The first kappa shape index (κ1) is 21.4. The monoisotopic (exact) mass is 344 g/mol. The Balaban J connectivity index is 2.39. The van der Waals surface area contributed by atoms with Gasteiger partial charge in [-0.3, -0.25) is 4.79 Å². The summed E-state index contributed by atoms with van der Waals surface area (Å²) in [6, 6.07) is 0.520. The second-order valence-corrected chi connectivity index (χ2v) is 6.76. The molecule has 1 aliphatic heterocycles. The summed E-state index contributed by atoms with van der Waals surface area (Å²) in [6.45, 7) is 5.52. The number of ether oxygens (including phenoxy) is 1. The molecule has 8 heteroatoms. The zero-order valence-corrected chi connectivity index (χ0v) is 14.8. The molecule has 0 spiro atoms. The van der Waals surface area contributed by atoms with E-state index < -0.39 is 18.6 Å². The maximum absolute atomic E-state index is 11.5. The van der Waals surface area contributed by atoms with E-state index in [1.165, 1.54) is 0 Å². The van der Waals surface area contributed by atoms with Crippen molar-refractivity contribution in [1.82, 2.24) is 4.90 Å². The molecular weight excluding hydrogens is 311 g/mol. The molecule has 24 heavy (non-hydrogen) atoms. The summed E-state index contributed by atoms with van der Waals surface area (Å²) in [5.41, 5.74) is 4.87. The van der Waals surface area contributed by atoms with Gasteiger partial charge in [-0.05, 0) is 51.5 Å². The van der Waals surface area contributed by atoms with Gasteiger partial charge < -0.3 is 30.5 Å². The average molecular weight is 344 g/mol. The van der Waals surface area contributed by atoms with Crippen LogP contribution < -0.4 is 5.73 Å². The van der Waals surface area contributed by atoms with Crippen molar-refractivity contribution in [2.24, 2.45) is 5.73 Å². The number of nitrogens with zero attached hydrogens (tertiary/aromatic N) is 1. The Morgan fingerprint density at radius 2 is 1.88 bits per heavy atom. The maximum atomic E-state index is 11.5. The smallest absolute Gasteiger partial charge is 0.451 e. The molecule has 5 N–H and O–H groups in total. The van der Waals surface area contributed by atoms with E-state index >= 15 is 0 Å². The minimum atomic E-state index is -1.33. The Morgan fingerprint density at radius 3 is 2.42 bits per heavy atom. The molecule has 1 fully saturated rings. The molecule has 140 valence electrons. The number of aliphatic carboxylic acids is 1. The third-order valence-corrected chi connectivity index (χ3v) is 4.94. The van der Waals surface area contributed by atoms with Crippen LogP contribution in [0.2, 0.25) is 6.32 Å². The number of hydrogen-bond acceptors (Lipinski definition) is 6. The summed E-state index contributed by atoms with van der Waals surface area (Å²) in [6.07, 6.45) is 5.00. The minimum Gasteiger partial charge on any atom is -0.480 e. The van der Waals surface area contributed by atoms with Gasteiger partial charge in [0.2, 0.25) is 0 Å². The van der Waals surface area contributed by atoms with Gasteiger partial charge in [-0.15, -0.1) is 0 Å². The summed E-state index contributed by atoms with van der Waals surface area (Å²) in [4.78, 5) is 13.9. The van der Waals surface area contributed by atoms with Crippen LogP contribution in [0.5, 0.6) is 0 Å². The molecule has 0 aliphatic carbocycles. The molecule has 0 amide bonds. The highest BCUT2D eigenvalue weighted by Crippen LogP contribution is 2.21. The van der Waals surface area contributed by atoms with Crippen LogP contribution in [-0.4, -0.2) is 71.0 Å². The van der Waals surface area contributed by atoms with Gasteiger partial charge in [0.1, 0.15) is 5.54 Å². The summed E-state index contributed by atoms with van der Waals surface area (Å²) < 4.78 is 5.40. The first-order valence-corrected chi connectivity index (χ1v) is 9.09. The Kier molecular flexibility index (Phi) is 9.84. The predicted molar refractivity (Wildman–Crippen MR) is 93.7 cm³/mol. The summed E-state index contributed by atoms with van der Waals surface area (Å²) in [7, 11) is -1.33. The number of hydrogen-bond donors (Lipinski definition) is 4. The summed E-state index contributed by atoms with van der Waals surface area (Å²) in [5.74, 6) is -0.971. The number of nitrogens with two attached hydrogens (primary N) is 1. The Morgan fingerprint density at radius 1 is 1.25 bits per heavy atom. The van der Waals surface area contributed by atoms with Crippen molar-refractivity contribution < 1.29 is 24.7 Å². The highest BCUT2D eigenvalue weighted by atomic mass is 16.5. The van der Waals surface area contributed by atoms with Crippen LogP contribution in [0.25, 0.3) is 0 Å². The van der Waals surface area contributed by atoms with Crippen molar-refractivity contribution in [1.29, 1.82) is 0 Å². The Hall–Kier alpha value is -0.665. The third kappa shape index (κ3) is 7.48. The standard InChI is InChI=1S/C16H33BN2O5/c1-2-19(14-6-12-24-13-7-14)11-5-9-16(18,15(20)21)8-3-4-10-17(22)23/h14,22-23H,2-13,18H2,1H3,(H,20,21). The van der Waals surface area contributed by atoms with Crippen LogP contribution in [0, 0.1) is 0 Å². The van der Waals surface area contributed by atoms with E-state index in [2.05, 4.69) is 11.8 Å². The second-order valence-electron chi connectivity index (χ2n) is 6.76. The van der Waals surface area contributed by atoms with Gasteiger partial charge in [-0.25, -0.2) is 0 Å². The van der Waals surface area contributed by atoms with Crippen LogP contribution in [-0.2, 0) is 9.53 Å². The van der Waals surface area contributed by atoms with Gasteiger partial charge in [0.15, 0.2) is 0 Å². The van der Waals surface area contributed by atoms with Crippen LogP contribution >= 0.6 is 0 Å². The topological polar surface area (TPSA) is 116 Å². The van der Waals surface area contributed by atoms with E-state index in [0.29, 0.717) is 31.7 Å². The number of rotatable bonds is 12. The lowest BCUT2D eigenvalue weighted by molar-refractivity contribution is -0.144. The molecule has 1 rings (SSSR count). The highest BCUT2D eigenvalue weighted by molar-refractivity contribution is 6.40. The lowest BCUT2D eigenvalue weighted by atomic mass is 9.81. The zero-order chi connectivity index (χ0) is 18.0. The molecule has 1 heterocycles. The van der Waals surface area contributed by atoms with Crippen molar-refractivity contribution in [3.05, 3.63) is 0 Å². The molecular formula is C16H33BN2O5. The first-order valence-electron chi connectivity index (χ1n) is 9.09. The van der Waals surface area contributed by atoms with Gasteiger partial charge in [-0.2, -0.15) is 0 Å². The van der Waals surface area contributed by atoms with Crippen LogP contribution in [0.1, 0.15) is 51.9 Å². The van der Waals surface area contributed by atoms with E-state index in [9.17, 15) is 9.90 Å². The Labute approximate surface area is 145 Å². The van der Waals surface area contributed by atoms with Crippen LogP contribution in [0.15, 0.2) is 0 Å². The SMILES string of the molecule is CCN(CCCC(N)(CCCCB(O)O)C(=O)O)C1CCOCC1. The molecule has 1 atom stereocenters. The van der Waals surface area contributed by atoms with E-state index in [1.807, 2.05) is 0 Å². The number of carboxylic acids is 1. The van der Waals surface area contributed by atoms with E-state index in [1.54, 1.807) is 0 Å².